The Hall–Kier alpha value is -3.14. The zero-order chi connectivity index (χ0) is 21.1. The molecular formula is C20H19F3N4O3. The molecule has 3 heterocycles. The average Bonchev–Trinajstić information content (AvgIpc) is 3.23. The Balaban J connectivity index is 1.37. The molecular weight excluding hydrogens is 401 g/mol. The van der Waals surface area contributed by atoms with E-state index in [9.17, 15) is 13.2 Å². The minimum atomic E-state index is -4.45. The maximum absolute atomic E-state index is 13.1. The fraction of sp³-hybridized carbons (Fsp3) is 0.350. The van der Waals surface area contributed by atoms with Crippen LogP contribution in [0.1, 0.15) is 24.3 Å². The van der Waals surface area contributed by atoms with Crippen molar-refractivity contribution < 1.29 is 27.4 Å². The van der Waals surface area contributed by atoms with Crippen molar-refractivity contribution in [3.05, 3.63) is 54.0 Å². The van der Waals surface area contributed by atoms with Gasteiger partial charge in [0.15, 0.2) is 0 Å². The van der Waals surface area contributed by atoms with Gasteiger partial charge in [-0.3, -0.25) is 0 Å². The van der Waals surface area contributed by atoms with Gasteiger partial charge in [0.1, 0.15) is 24.3 Å². The largest absolute Gasteiger partial charge is 0.490 e. The number of nitrogens with zero attached hydrogens (tertiary/aromatic N) is 4. The van der Waals surface area contributed by atoms with E-state index in [1.54, 1.807) is 12.3 Å². The number of aliphatic hydroxyl groups excluding tert-OH is 1. The molecule has 1 aliphatic heterocycles. The fourth-order valence-electron chi connectivity index (χ4n) is 3.32. The number of halogens is 3. The van der Waals surface area contributed by atoms with E-state index in [1.165, 1.54) is 18.2 Å². The lowest BCUT2D eigenvalue weighted by molar-refractivity contribution is -0.139. The summed E-state index contributed by atoms with van der Waals surface area (Å²) in [6.07, 6.45) is -1.97. The highest BCUT2D eigenvalue weighted by atomic mass is 19.4. The van der Waals surface area contributed by atoms with Gasteiger partial charge >= 0.3 is 6.18 Å². The number of hydrogen-bond acceptors (Lipinski definition) is 7. The smallest absolute Gasteiger partial charge is 0.419 e. The van der Waals surface area contributed by atoms with E-state index in [4.69, 9.17) is 14.3 Å². The topological polar surface area (TPSA) is 84.5 Å². The second-order valence-corrected chi connectivity index (χ2v) is 6.86. The molecule has 1 aliphatic rings. The molecule has 158 valence electrons. The number of pyridine rings is 1. The van der Waals surface area contributed by atoms with Crippen LogP contribution in [0.4, 0.5) is 19.0 Å². The molecule has 0 atom stereocenters. The van der Waals surface area contributed by atoms with Gasteiger partial charge in [-0.2, -0.15) is 13.2 Å². The van der Waals surface area contributed by atoms with E-state index < -0.39 is 11.7 Å². The van der Waals surface area contributed by atoms with Crippen LogP contribution in [0.15, 0.2) is 47.0 Å². The summed E-state index contributed by atoms with van der Waals surface area (Å²) in [5.74, 6) is 1.01. The van der Waals surface area contributed by atoms with Crippen molar-refractivity contribution in [1.29, 1.82) is 0 Å². The van der Waals surface area contributed by atoms with Crippen LogP contribution in [-0.2, 0) is 12.8 Å². The molecule has 1 saturated heterocycles. The molecule has 0 aliphatic carbocycles. The summed E-state index contributed by atoms with van der Waals surface area (Å²) in [5, 5.41) is 16.5. The highest BCUT2D eigenvalue weighted by Crippen LogP contribution is 2.37. The van der Waals surface area contributed by atoms with Crippen molar-refractivity contribution in [1.82, 2.24) is 15.2 Å². The summed E-state index contributed by atoms with van der Waals surface area (Å²) in [5.41, 5.74) is -0.122. The second kappa shape index (κ2) is 8.31. The standard InChI is InChI=1S/C20H19F3N4O3/c21-20(22,23)15-3-1-2-4-16(15)29-14-7-9-27(10-8-14)17-6-5-13(11-24-17)19-26-25-18(12-28)30-19/h1-6,11,14,28H,7-10,12H2. The number of alkyl halides is 3. The summed E-state index contributed by atoms with van der Waals surface area (Å²) in [6, 6.07) is 8.89. The number of benzene rings is 1. The lowest BCUT2D eigenvalue weighted by Gasteiger charge is -2.33. The van der Waals surface area contributed by atoms with Crippen molar-refractivity contribution in [3.8, 4) is 17.2 Å². The van der Waals surface area contributed by atoms with Crippen LogP contribution in [0.5, 0.6) is 5.75 Å². The Bertz CT molecular complexity index is 983. The normalized spacial score (nSPS) is 15.4. The molecule has 3 aromatic rings. The fourth-order valence-corrected chi connectivity index (χ4v) is 3.32. The SMILES string of the molecule is OCc1nnc(-c2ccc(N3CCC(Oc4ccccc4C(F)(F)F)CC3)nc2)o1. The van der Waals surface area contributed by atoms with E-state index in [0.717, 1.165) is 11.9 Å². The summed E-state index contributed by atoms with van der Waals surface area (Å²) >= 11 is 0. The van der Waals surface area contributed by atoms with Gasteiger partial charge in [0, 0.05) is 32.1 Å². The van der Waals surface area contributed by atoms with E-state index in [2.05, 4.69) is 15.2 Å². The molecule has 1 aromatic carbocycles. The van der Waals surface area contributed by atoms with Gasteiger partial charge in [-0.1, -0.05) is 12.1 Å². The molecule has 2 aromatic heterocycles. The van der Waals surface area contributed by atoms with Gasteiger partial charge in [-0.05, 0) is 24.3 Å². The molecule has 0 spiro atoms. The van der Waals surface area contributed by atoms with Crippen molar-refractivity contribution >= 4 is 5.82 Å². The number of rotatable bonds is 5. The first kappa shape index (κ1) is 20.1. The number of aromatic nitrogens is 3. The zero-order valence-electron chi connectivity index (χ0n) is 15.8. The van der Waals surface area contributed by atoms with Crippen molar-refractivity contribution in [2.45, 2.75) is 31.7 Å². The number of aliphatic hydroxyl groups is 1. The third-order valence-electron chi connectivity index (χ3n) is 4.85. The summed E-state index contributed by atoms with van der Waals surface area (Å²) in [7, 11) is 0. The molecule has 0 saturated carbocycles. The predicted molar refractivity (Wildman–Crippen MR) is 101 cm³/mol. The molecule has 1 N–H and O–H groups in total. The predicted octanol–water partition coefficient (Wildman–Crippen LogP) is 3.69. The molecule has 0 unspecified atom stereocenters. The molecule has 4 rings (SSSR count). The Morgan fingerprint density at radius 2 is 1.87 bits per heavy atom. The first-order chi connectivity index (χ1) is 14.4. The number of hydrogen-bond donors (Lipinski definition) is 1. The Morgan fingerprint density at radius 3 is 2.50 bits per heavy atom. The van der Waals surface area contributed by atoms with Crippen LogP contribution in [0.2, 0.25) is 0 Å². The molecule has 1 fully saturated rings. The minimum Gasteiger partial charge on any atom is -0.490 e. The highest BCUT2D eigenvalue weighted by molar-refractivity contribution is 5.54. The van der Waals surface area contributed by atoms with Gasteiger partial charge in [-0.15, -0.1) is 10.2 Å². The Kier molecular flexibility index (Phi) is 5.58. The van der Waals surface area contributed by atoms with Crippen LogP contribution in [0.3, 0.4) is 0 Å². The monoisotopic (exact) mass is 420 g/mol. The third-order valence-corrected chi connectivity index (χ3v) is 4.85. The average molecular weight is 420 g/mol. The van der Waals surface area contributed by atoms with Crippen LogP contribution in [-0.4, -0.2) is 39.5 Å². The van der Waals surface area contributed by atoms with Crippen LogP contribution < -0.4 is 9.64 Å². The number of ether oxygens (including phenoxy) is 1. The maximum atomic E-state index is 13.1. The van der Waals surface area contributed by atoms with Crippen LogP contribution >= 0.6 is 0 Å². The number of para-hydroxylation sites is 1. The molecule has 0 radical (unpaired) electrons. The number of piperidine rings is 1. The quantitative estimate of drug-likeness (QED) is 0.674. The molecule has 0 amide bonds. The van der Waals surface area contributed by atoms with Gasteiger partial charge in [0.05, 0.1) is 11.1 Å². The van der Waals surface area contributed by atoms with Gasteiger partial charge in [0.2, 0.25) is 11.8 Å². The lowest BCUT2D eigenvalue weighted by atomic mass is 10.1. The lowest BCUT2D eigenvalue weighted by Crippen LogP contribution is -2.38. The summed E-state index contributed by atoms with van der Waals surface area (Å²) < 4.78 is 50.4. The molecule has 30 heavy (non-hydrogen) atoms. The molecule has 10 heteroatoms. The minimum absolute atomic E-state index is 0.128. The van der Waals surface area contributed by atoms with Crippen LogP contribution in [0.25, 0.3) is 11.5 Å². The van der Waals surface area contributed by atoms with Gasteiger partial charge in [0.25, 0.3) is 0 Å². The van der Waals surface area contributed by atoms with Crippen molar-refractivity contribution in [2.75, 3.05) is 18.0 Å². The van der Waals surface area contributed by atoms with E-state index in [1.807, 2.05) is 11.0 Å². The van der Waals surface area contributed by atoms with E-state index in [0.29, 0.717) is 31.5 Å². The molecule has 0 bridgehead atoms. The zero-order valence-corrected chi connectivity index (χ0v) is 15.8. The molecule has 7 nitrogen and oxygen atoms in total. The first-order valence-electron chi connectivity index (χ1n) is 9.41. The second-order valence-electron chi connectivity index (χ2n) is 6.86. The highest BCUT2D eigenvalue weighted by Gasteiger charge is 2.35. The van der Waals surface area contributed by atoms with E-state index in [-0.39, 0.29) is 30.2 Å². The Morgan fingerprint density at radius 1 is 1.10 bits per heavy atom. The Labute approximate surface area is 170 Å². The van der Waals surface area contributed by atoms with E-state index >= 15 is 0 Å². The van der Waals surface area contributed by atoms with Gasteiger partial charge < -0.3 is 19.2 Å². The number of anilines is 1. The summed E-state index contributed by atoms with van der Waals surface area (Å²) in [4.78, 5) is 6.46. The third kappa shape index (κ3) is 4.38. The van der Waals surface area contributed by atoms with Crippen LogP contribution in [0, 0.1) is 0 Å². The van der Waals surface area contributed by atoms with Crippen molar-refractivity contribution in [2.24, 2.45) is 0 Å². The van der Waals surface area contributed by atoms with Crippen molar-refractivity contribution in [3.63, 3.8) is 0 Å². The first-order valence-corrected chi connectivity index (χ1v) is 9.41. The summed E-state index contributed by atoms with van der Waals surface area (Å²) in [6.45, 7) is 0.893. The maximum Gasteiger partial charge on any atom is 0.419 e. The van der Waals surface area contributed by atoms with Gasteiger partial charge in [-0.25, -0.2) is 4.98 Å².